The van der Waals surface area contributed by atoms with Gasteiger partial charge in [-0.2, -0.15) is 0 Å². The van der Waals surface area contributed by atoms with Crippen LogP contribution in [0.1, 0.15) is 19.8 Å². The van der Waals surface area contributed by atoms with Crippen molar-refractivity contribution in [1.29, 1.82) is 0 Å². The molecule has 0 aromatic heterocycles. The van der Waals surface area contributed by atoms with Crippen LogP contribution in [0.25, 0.3) is 0 Å². The molecule has 1 rings (SSSR count). The maximum absolute atomic E-state index is 12.1. The Kier molecular flexibility index (Phi) is 5.05. The third-order valence-corrected chi connectivity index (χ3v) is 3.02. The first-order chi connectivity index (χ1) is 7.16. The van der Waals surface area contributed by atoms with E-state index in [1.54, 1.807) is 0 Å². The van der Waals surface area contributed by atoms with Crippen LogP contribution in [0.5, 0.6) is 0 Å². The summed E-state index contributed by atoms with van der Waals surface area (Å²) in [6.07, 6.45) is 2.22. The predicted molar refractivity (Wildman–Crippen MR) is 61.8 cm³/mol. The number of rotatable bonds is 4. The van der Waals surface area contributed by atoms with E-state index in [4.69, 9.17) is 0 Å². The van der Waals surface area contributed by atoms with Gasteiger partial charge in [-0.1, -0.05) is 13.3 Å². The number of hydrogen-bond acceptors (Lipinski definition) is 3. The van der Waals surface area contributed by atoms with E-state index in [0.717, 1.165) is 39.0 Å². The number of unbranched alkanes of at least 4 members (excludes halogenated alkanes) is 1. The average molecular weight is 213 g/mol. The Morgan fingerprint density at radius 2 is 2.33 bits per heavy atom. The van der Waals surface area contributed by atoms with E-state index in [2.05, 4.69) is 17.1 Å². The van der Waals surface area contributed by atoms with Crippen LogP contribution < -0.4 is 5.32 Å². The smallest absolute Gasteiger partial charge is 0.240 e. The first-order valence-corrected chi connectivity index (χ1v) is 5.82. The van der Waals surface area contributed by atoms with Crippen molar-refractivity contribution in [2.75, 3.05) is 40.3 Å². The number of piperazine rings is 1. The van der Waals surface area contributed by atoms with Crippen LogP contribution in [-0.2, 0) is 4.79 Å². The summed E-state index contributed by atoms with van der Waals surface area (Å²) in [6, 6.07) is 0.0283. The second-order valence-corrected chi connectivity index (χ2v) is 4.31. The van der Waals surface area contributed by atoms with E-state index < -0.39 is 0 Å². The molecule has 0 aromatic rings. The standard InChI is InChI=1S/C11H23N3O/c1-4-5-7-14(3)11(15)10-9-12-6-8-13(10)2/h10,12H,4-9H2,1-3H3. The molecule has 88 valence electrons. The third-order valence-electron chi connectivity index (χ3n) is 3.02. The number of nitrogens with zero attached hydrogens (tertiary/aromatic N) is 2. The summed E-state index contributed by atoms with van der Waals surface area (Å²) in [4.78, 5) is 16.1. The lowest BCUT2D eigenvalue weighted by molar-refractivity contribution is -0.135. The molecule has 0 aliphatic carbocycles. The Hall–Kier alpha value is -0.610. The molecular formula is C11H23N3O. The zero-order valence-electron chi connectivity index (χ0n) is 10.1. The number of carbonyl (C=O) groups is 1. The first kappa shape index (κ1) is 12.5. The highest BCUT2D eigenvalue weighted by Gasteiger charge is 2.27. The summed E-state index contributed by atoms with van der Waals surface area (Å²) in [6.45, 7) is 5.75. The van der Waals surface area contributed by atoms with Gasteiger partial charge in [0.2, 0.25) is 5.91 Å². The van der Waals surface area contributed by atoms with Crippen molar-refractivity contribution in [3.63, 3.8) is 0 Å². The maximum Gasteiger partial charge on any atom is 0.240 e. The molecule has 1 fully saturated rings. The van der Waals surface area contributed by atoms with Crippen molar-refractivity contribution in [2.24, 2.45) is 0 Å². The minimum Gasteiger partial charge on any atom is -0.344 e. The van der Waals surface area contributed by atoms with Gasteiger partial charge in [0.25, 0.3) is 0 Å². The highest BCUT2D eigenvalue weighted by atomic mass is 16.2. The first-order valence-electron chi connectivity index (χ1n) is 5.82. The van der Waals surface area contributed by atoms with Crippen LogP contribution in [0, 0.1) is 0 Å². The zero-order chi connectivity index (χ0) is 11.3. The number of nitrogens with one attached hydrogen (secondary N) is 1. The monoisotopic (exact) mass is 213 g/mol. The molecule has 0 aromatic carbocycles. The summed E-state index contributed by atoms with van der Waals surface area (Å²) >= 11 is 0. The Morgan fingerprint density at radius 3 is 2.93 bits per heavy atom. The fourth-order valence-corrected chi connectivity index (χ4v) is 1.84. The number of amides is 1. The minimum absolute atomic E-state index is 0.0283. The second-order valence-electron chi connectivity index (χ2n) is 4.31. The molecule has 0 bridgehead atoms. The normalized spacial score (nSPS) is 22.7. The SMILES string of the molecule is CCCCN(C)C(=O)C1CNCCN1C. The Morgan fingerprint density at radius 1 is 1.60 bits per heavy atom. The number of carbonyl (C=O) groups excluding carboxylic acids is 1. The third kappa shape index (κ3) is 3.47. The van der Waals surface area contributed by atoms with Crippen molar-refractivity contribution in [1.82, 2.24) is 15.1 Å². The summed E-state index contributed by atoms with van der Waals surface area (Å²) in [5.74, 6) is 0.248. The van der Waals surface area contributed by atoms with Crippen LogP contribution in [0.4, 0.5) is 0 Å². The molecule has 1 N–H and O–H groups in total. The van der Waals surface area contributed by atoms with Crippen LogP contribution in [-0.4, -0.2) is 62.0 Å². The van der Waals surface area contributed by atoms with Crippen LogP contribution in [0.3, 0.4) is 0 Å². The van der Waals surface area contributed by atoms with Crippen molar-refractivity contribution in [3.05, 3.63) is 0 Å². The Labute approximate surface area is 92.6 Å². The molecule has 1 atom stereocenters. The quantitative estimate of drug-likeness (QED) is 0.722. The molecule has 1 heterocycles. The summed E-state index contributed by atoms with van der Waals surface area (Å²) in [5, 5.41) is 3.27. The molecule has 1 aliphatic rings. The van der Waals surface area contributed by atoms with Gasteiger partial charge < -0.3 is 10.2 Å². The number of hydrogen-bond donors (Lipinski definition) is 1. The van der Waals surface area contributed by atoms with E-state index in [1.165, 1.54) is 0 Å². The zero-order valence-corrected chi connectivity index (χ0v) is 10.1. The molecule has 1 saturated heterocycles. The van der Waals surface area contributed by atoms with Gasteiger partial charge in [0, 0.05) is 33.2 Å². The van der Waals surface area contributed by atoms with Crippen LogP contribution >= 0.6 is 0 Å². The van der Waals surface area contributed by atoms with E-state index in [1.807, 2.05) is 19.0 Å². The van der Waals surface area contributed by atoms with Crippen LogP contribution in [0.15, 0.2) is 0 Å². The van der Waals surface area contributed by atoms with Crippen LogP contribution in [0.2, 0.25) is 0 Å². The Bertz CT molecular complexity index is 208. The van der Waals surface area contributed by atoms with E-state index in [9.17, 15) is 4.79 Å². The predicted octanol–water partition coefficient (Wildman–Crippen LogP) is 0.149. The van der Waals surface area contributed by atoms with Gasteiger partial charge >= 0.3 is 0 Å². The highest BCUT2D eigenvalue weighted by Crippen LogP contribution is 2.04. The van der Waals surface area contributed by atoms with E-state index in [0.29, 0.717) is 0 Å². The van der Waals surface area contributed by atoms with Gasteiger partial charge in [-0.05, 0) is 13.5 Å². The van der Waals surface area contributed by atoms with Gasteiger partial charge in [0.15, 0.2) is 0 Å². The molecule has 0 radical (unpaired) electrons. The molecule has 0 spiro atoms. The number of likely N-dealkylation sites (N-methyl/N-ethyl adjacent to an activating group) is 2. The topological polar surface area (TPSA) is 35.6 Å². The lowest BCUT2D eigenvalue weighted by Gasteiger charge is -2.34. The lowest BCUT2D eigenvalue weighted by atomic mass is 10.1. The lowest BCUT2D eigenvalue weighted by Crippen LogP contribution is -2.56. The van der Waals surface area contributed by atoms with Crippen molar-refractivity contribution < 1.29 is 4.79 Å². The molecule has 15 heavy (non-hydrogen) atoms. The average Bonchev–Trinajstić information content (AvgIpc) is 2.25. The van der Waals surface area contributed by atoms with Gasteiger partial charge in [0.05, 0.1) is 0 Å². The molecule has 1 aliphatic heterocycles. The molecule has 1 amide bonds. The molecular weight excluding hydrogens is 190 g/mol. The van der Waals surface area contributed by atoms with E-state index >= 15 is 0 Å². The highest BCUT2D eigenvalue weighted by molar-refractivity contribution is 5.82. The van der Waals surface area contributed by atoms with Gasteiger partial charge in [0.1, 0.15) is 6.04 Å². The largest absolute Gasteiger partial charge is 0.344 e. The van der Waals surface area contributed by atoms with E-state index in [-0.39, 0.29) is 11.9 Å². The fourth-order valence-electron chi connectivity index (χ4n) is 1.84. The summed E-state index contributed by atoms with van der Waals surface area (Å²) in [7, 11) is 3.93. The second kappa shape index (κ2) is 6.08. The fraction of sp³-hybridized carbons (Fsp3) is 0.909. The molecule has 4 nitrogen and oxygen atoms in total. The minimum atomic E-state index is 0.0283. The van der Waals surface area contributed by atoms with Gasteiger partial charge in [-0.3, -0.25) is 9.69 Å². The van der Waals surface area contributed by atoms with Gasteiger partial charge in [-0.15, -0.1) is 0 Å². The van der Waals surface area contributed by atoms with Crippen molar-refractivity contribution >= 4 is 5.91 Å². The summed E-state index contributed by atoms with van der Waals surface area (Å²) in [5.41, 5.74) is 0. The van der Waals surface area contributed by atoms with Gasteiger partial charge in [-0.25, -0.2) is 0 Å². The van der Waals surface area contributed by atoms with Crippen molar-refractivity contribution in [3.8, 4) is 0 Å². The summed E-state index contributed by atoms with van der Waals surface area (Å²) < 4.78 is 0. The molecule has 4 heteroatoms. The molecule has 0 saturated carbocycles. The Balaban J connectivity index is 2.43. The maximum atomic E-state index is 12.1. The van der Waals surface area contributed by atoms with Crippen molar-refractivity contribution in [2.45, 2.75) is 25.8 Å². The molecule has 1 unspecified atom stereocenters.